The van der Waals surface area contributed by atoms with Gasteiger partial charge in [0.25, 0.3) is 5.91 Å². The summed E-state index contributed by atoms with van der Waals surface area (Å²) in [6.45, 7) is 3.88. The molecule has 2 aromatic rings. The van der Waals surface area contributed by atoms with Gasteiger partial charge in [-0.05, 0) is 55.8 Å². The molecule has 134 valence electrons. The van der Waals surface area contributed by atoms with Gasteiger partial charge >= 0.3 is 0 Å². The van der Waals surface area contributed by atoms with Gasteiger partial charge in [-0.15, -0.1) is 0 Å². The van der Waals surface area contributed by atoms with Crippen LogP contribution in [0.1, 0.15) is 19.4 Å². The third-order valence-electron chi connectivity index (χ3n) is 3.34. The summed E-state index contributed by atoms with van der Waals surface area (Å²) in [6.07, 6.45) is 1.59. The lowest BCUT2D eigenvalue weighted by molar-refractivity contribution is -0.112. The molecule has 0 unspecified atom stereocenters. The van der Waals surface area contributed by atoms with E-state index in [1.165, 1.54) is 13.2 Å². The number of rotatable bonds is 6. The van der Waals surface area contributed by atoms with Crippen LogP contribution in [0, 0.1) is 11.3 Å². The Labute approximate surface area is 157 Å². The van der Waals surface area contributed by atoms with Crippen LogP contribution >= 0.6 is 11.6 Å². The second-order valence-electron chi connectivity index (χ2n) is 5.71. The summed E-state index contributed by atoms with van der Waals surface area (Å²) >= 11 is 6.04. The van der Waals surface area contributed by atoms with Gasteiger partial charge in [-0.25, -0.2) is 0 Å². The summed E-state index contributed by atoms with van der Waals surface area (Å²) in [4.78, 5) is 12.3. The van der Waals surface area contributed by atoms with Crippen molar-refractivity contribution in [3.05, 3.63) is 58.6 Å². The highest BCUT2D eigenvalue weighted by molar-refractivity contribution is 6.32. The van der Waals surface area contributed by atoms with E-state index < -0.39 is 5.91 Å². The number of nitriles is 1. The first-order valence-electron chi connectivity index (χ1n) is 7.96. The van der Waals surface area contributed by atoms with E-state index in [2.05, 4.69) is 5.32 Å². The molecule has 0 spiro atoms. The van der Waals surface area contributed by atoms with Gasteiger partial charge in [-0.3, -0.25) is 4.79 Å². The summed E-state index contributed by atoms with van der Waals surface area (Å²) in [5.74, 6) is 0.716. The largest absolute Gasteiger partial charge is 0.495 e. The molecule has 0 heterocycles. The zero-order valence-corrected chi connectivity index (χ0v) is 15.5. The van der Waals surface area contributed by atoms with Gasteiger partial charge in [-0.1, -0.05) is 23.7 Å². The lowest BCUT2D eigenvalue weighted by atomic mass is 10.1. The standard InChI is InChI=1S/C20H19ClN2O3/c1-13(2)26-17-7-4-14(5-8-17)10-15(12-22)20(24)23-16-6-9-19(25-3)18(21)11-16/h4-11,13H,1-3H3,(H,23,24)/b15-10+. The van der Waals surface area contributed by atoms with Crippen molar-refractivity contribution in [1.29, 1.82) is 5.26 Å². The zero-order valence-electron chi connectivity index (χ0n) is 14.7. The van der Waals surface area contributed by atoms with E-state index >= 15 is 0 Å². The topological polar surface area (TPSA) is 71.3 Å². The molecule has 0 bridgehead atoms. The van der Waals surface area contributed by atoms with Crippen LogP contribution < -0.4 is 14.8 Å². The fraction of sp³-hybridized carbons (Fsp3) is 0.200. The van der Waals surface area contributed by atoms with Crippen LogP contribution in [0.2, 0.25) is 5.02 Å². The van der Waals surface area contributed by atoms with Crippen LogP contribution in [0.3, 0.4) is 0 Å². The van der Waals surface area contributed by atoms with Crippen LogP contribution in [0.5, 0.6) is 11.5 Å². The van der Waals surface area contributed by atoms with E-state index in [4.69, 9.17) is 21.1 Å². The van der Waals surface area contributed by atoms with E-state index in [-0.39, 0.29) is 11.7 Å². The number of amides is 1. The van der Waals surface area contributed by atoms with Crippen LogP contribution in [-0.2, 0) is 4.79 Å². The SMILES string of the molecule is COc1ccc(NC(=O)/C(C#N)=C/c2ccc(OC(C)C)cc2)cc1Cl. The number of nitrogens with one attached hydrogen (secondary N) is 1. The Balaban J connectivity index is 2.14. The molecule has 0 aliphatic heterocycles. The minimum Gasteiger partial charge on any atom is -0.495 e. The Hall–Kier alpha value is -2.97. The fourth-order valence-electron chi connectivity index (χ4n) is 2.17. The van der Waals surface area contributed by atoms with Crippen molar-refractivity contribution < 1.29 is 14.3 Å². The highest BCUT2D eigenvalue weighted by Gasteiger charge is 2.11. The van der Waals surface area contributed by atoms with Crippen molar-refractivity contribution in [1.82, 2.24) is 0 Å². The van der Waals surface area contributed by atoms with Gasteiger partial charge in [0.2, 0.25) is 0 Å². The molecule has 0 saturated heterocycles. The molecule has 1 amide bonds. The quantitative estimate of drug-likeness (QED) is 0.592. The molecule has 0 radical (unpaired) electrons. The van der Waals surface area contributed by atoms with Crippen molar-refractivity contribution in [2.75, 3.05) is 12.4 Å². The Morgan fingerprint density at radius 1 is 1.23 bits per heavy atom. The first-order chi connectivity index (χ1) is 12.4. The van der Waals surface area contributed by atoms with Crippen molar-refractivity contribution in [3.8, 4) is 17.6 Å². The van der Waals surface area contributed by atoms with Crippen LogP contribution in [0.4, 0.5) is 5.69 Å². The minimum atomic E-state index is -0.517. The molecular formula is C20H19ClN2O3. The van der Waals surface area contributed by atoms with E-state index in [0.717, 1.165) is 11.3 Å². The molecular weight excluding hydrogens is 352 g/mol. The smallest absolute Gasteiger partial charge is 0.266 e. The van der Waals surface area contributed by atoms with E-state index in [0.29, 0.717) is 16.5 Å². The van der Waals surface area contributed by atoms with E-state index in [1.54, 1.807) is 42.5 Å². The van der Waals surface area contributed by atoms with Crippen LogP contribution in [0.15, 0.2) is 48.0 Å². The van der Waals surface area contributed by atoms with Gasteiger partial charge in [0.1, 0.15) is 23.1 Å². The maximum Gasteiger partial charge on any atom is 0.266 e. The molecule has 6 heteroatoms. The number of nitrogens with zero attached hydrogens (tertiary/aromatic N) is 1. The molecule has 26 heavy (non-hydrogen) atoms. The number of benzene rings is 2. The van der Waals surface area contributed by atoms with Crippen LogP contribution in [-0.4, -0.2) is 19.1 Å². The maximum absolute atomic E-state index is 12.3. The third kappa shape index (κ3) is 5.27. The predicted octanol–water partition coefficient (Wildman–Crippen LogP) is 4.68. The zero-order chi connectivity index (χ0) is 19.1. The first kappa shape index (κ1) is 19.4. The van der Waals surface area contributed by atoms with E-state index in [9.17, 15) is 10.1 Å². The summed E-state index contributed by atoms with van der Waals surface area (Å²) in [6, 6.07) is 13.9. The molecule has 0 aliphatic rings. The molecule has 2 rings (SSSR count). The number of carbonyl (C=O) groups is 1. The number of halogens is 1. The summed E-state index contributed by atoms with van der Waals surface area (Å²) in [5.41, 5.74) is 1.18. The fourth-order valence-corrected chi connectivity index (χ4v) is 2.43. The average molecular weight is 371 g/mol. The molecule has 5 nitrogen and oxygen atoms in total. The predicted molar refractivity (Wildman–Crippen MR) is 102 cm³/mol. The van der Waals surface area contributed by atoms with Gasteiger partial charge in [-0.2, -0.15) is 5.26 Å². The lowest BCUT2D eigenvalue weighted by Crippen LogP contribution is -2.13. The highest BCUT2D eigenvalue weighted by atomic mass is 35.5. The average Bonchev–Trinajstić information content (AvgIpc) is 2.60. The van der Waals surface area contributed by atoms with Gasteiger partial charge in [0.15, 0.2) is 0 Å². The molecule has 2 aromatic carbocycles. The minimum absolute atomic E-state index is 0.0190. The summed E-state index contributed by atoms with van der Waals surface area (Å²) < 4.78 is 10.6. The Kier molecular flexibility index (Phi) is 6.65. The first-order valence-corrected chi connectivity index (χ1v) is 8.34. The number of hydrogen-bond donors (Lipinski definition) is 1. The number of ether oxygens (including phenoxy) is 2. The Bertz CT molecular complexity index is 852. The summed E-state index contributed by atoms with van der Waals surface area (Å²) in [5, 5.41) is 12.3. The second-order valence-corrected chi connectivity index (χ2v) is 6.12. The van der Waals surface area contributed by atoms with Gasteiger partial charge in [0.05, 0.1) is 18.2 Å². The number of hydrogen-bond acceptors (Lipinski definition) is 4. The number of methoxy groups -OCH3 is 1. The number of anilines is 1. The summed E-state index contributed by atoms with van der Waals surface area (Å²) in [7, 11) is 1.51. The van der Waals surface area contributed by atoms with Gasteiger partial charge in [0, 0.05) is 5.69 Å². The molecule has 0 atom stereocenters. The third-order valence-corrected chi connectivity index (χ3v) is 3.63. The number of carbonyl (C=O) groups excluding carboxylic acids is 1. The molecule has 0 aromatic heterocycles. The van der Waals surface area contributed by atoms with Crippen molar-refractivity contribution >= 4 is 29.3 Å². The van der Waals surface area contributed by atoms with Crippen molar-refractivity contribution in [2.45, 2.75) is 20.0 Å². The molecule has 0 saturated carbocycles. The Morgan fingerprint density at radius 2 is 1.92 bits per heavy atom. The van der Waals surface area contributed by atoms with E-state index in [1.807, 2.05) is 19.9 Å². The van der Waals surface area contributed by atoms with Crippen molar-refractivity contribution in [2.24, 2.45) is 0 Å². The highest BCUT2D eigenvalue weighted by Crippen LogP contribution is 2.27. The lowest BCUT2D eigenvalue weighted by Gasteiger charge is -2.09. The maximum atomic E-state index is 12.3. The Morgan fingerprint density at radius 3 is 2.46 bits per heavy atom. The normalized spacial score (nSPS) is 11.0. The molecule has 0 aliphatic carbocycles. The van der Waals surface area contributed by atoms with Crippen molar-refractivity contribution in [3.63, 3.8) is 0 Å². The monoisotopic (exact) mass is 370 g/mol. The second kappa shape index (κ2) is 8.93. The van der Waals surface area contributed by atoms with Crippen LogP contribution in [0.25, 0.3) is 6.08 Å². The van der Waals surface area contributed by atoms with Gasteiger partial charge < -0.3 is 14.8 Å². The molecule has 1 N–H and O–H groups in total. The molecule has 0 fully saturated rings.